The van der Waals surface area contributed by atoms with E-state index in [9.17, 15) is 0 Å². The summed E-state index contributed by atoms with van der Waals surface area (Å²) in [5.74, 6) is 8.04. The molecule has 1 aliphatic rings. The molecule has 1 saturated heterocycles. The molecule has 0 radical (unpaired) electrons. The number of aromatic nitrogens is 2. The number of hydrogen-bond donors (Lipinski definition) is 3. The number of anilines is 4. The van der Waals surface area contributed by atoms with Gasteiger partial charge in [-0.3, -0.25) is 9.91 Å². The zero-order valence-electron chi connectivity index (χ0n) is 18.2. The normalized spacial score (nSPS) is 19.0. The number of hydrogen-bond acceptors (Lipinski definition) is 8. The number of ether oxygens (including phenoxy) is 1. The van der Waals surface area contributed by atoms with Gasteiger partial charge in [-0.25, -0.2) is 10.8 Å². The topological polar surface area (TPSA) is 106 Å². The Bertz CT molecular complexity index is 833. The van der Waals surface area contributed by atoms with Gasteiger partial charge in [0, 0.05) is 17.1 Å². The number of nitrogens with one attached hydrogen (secondary N) is 1. The van der Waals surface area contributed by atoms with Gasteiger partial charge >= 0.3 is 0 Å². The van der Waals surface area contributed by atoms with Gasteiger partial charge in [-0.1, -0.05) is 0 Å². The highest BCUT2D eigenvalue weighted by atomic mass is 16.5. The van der Waals surface area contributed by atoms with Crippen LogP contribution in [0.4, 0.5) is 23.1 Å². The van der Waals surface area contributed by atoms with Crippen LogP contribution in [0.2, 0.25) is 0 Å². The Morgan fingerprint density at radius 1 is 1.14 bits per heavy atom. The smallest absolute Gasteiger partial charge is 0.225 e. The largest absolute Gasteiger partial charge is 0.497 e. The third-order valence-corrected chi connectivity index (χ3v) is 6.02. The Labute approximate surface area is 173 Å². The molecule has 0 aliphatic carbocycles. The molecule has 1 aliphatic heterocycles. The number of nitrogen functional groups attached to an aromatic ring is 1. The number of hydrazine groups is 1. The van der Waals surface area contributed by atoms with Crippen LogP contribution in [0.1, 0.15) is 40.5 Å². The van der Waals surface area contributed by atoms with Crippen molar-refractivity contribution in [3.05, 3.63) is 30.5 Å². The molecule has 8 nitrogen and oxygen atoms in total. The first kappa shape index (κ1) is 21.1. The molecule has 0 unspecified atom stereocenters. The molecule has 0 saturated carbocycles. The minimum Gasteiger partial charge on any atom is -0.497 e. The highest BCUT2D eigenvalue weighted by Crippen LogP contribution is 2.38. The van der Waals surface area contributed by atoms with Gasteiger partial charge in [0.2, 0.25) is 5.95 Å². The van der Waals surface area contributed by atoms with E-state index in [1.807, 2.05) is 24.3 Å². The van der Waals surface area contributed by atoms with Gasteiger partial charge in [0.25, 0.3) is 0 Å². The summed E-state index contributed by atoms with van der Waals surface area (Å²) < 4.78 is 5.20. The lowest BCUT2D eigenvalue weighted by Gasteiger charge is -2.53. The summed E-state index contributed by atoms with van der Waals surface area (Å²) in [5, 5.41) is 4.96. The molecule has 1 aromatic carbocycles. The van der Waals surface area contributed by atoms with E-state index in [0.29, 0.717) is 17.5 Å². The molecule has 158 valence electrons. The lowest BCUT2D eigenvalue weighted by atomic mass is 9.77. The molecule has 5 N–H and O–H groups in total. The maximum atomic E-state index is 6.30. The van der Waals surface area contributed by atoms with Crippen molar-refractivity contribution in [3.8, 4) is 5.75 Å². The molecule has 0 amide bonds. The quantitative estimate of drug-likeness (QED) is 0.520. The van der Waals surface area contributed by atoms with E-state index in [1.54, 1.807) is 13.3 Å². The number of nitrogens with zero attached hydrogens (tertiary/aromatic N) is 4. The van der Waals surface area contributed by atoms with Gasteiger partial charge in [-0.15, -0.1) is 0 Å². The molecular formula is C21H33N7O. The number of piperidine rings is 1. The molecule has 8 heteroatoms. The maximum absolute atomic E-state index is 6.30. The van der Waals surface area contributed by atoms with Crippen LogP contribution in [0.15, 0.2) is 30.5 Å². The van der Waals surface area contributed by atoms with Crippen molar-refractivity contribution < 1.29 is 4.74 Å². The van der Waals surface area contributed by atoms with Crippen LogP contribution in [0.3, 0.4) is 0 Å². The van der Waals surface area contributed by atoms with E-state index in [4.69, 9.17) is 16.3 Å². The summed E-state index contributed by atoms with van der Waals surface area (Å²) in [4.78, 5) is 11.4. The van der Waals surface area contributed by atoms with E-state index < -0.39 is 0 Å². The van der Waals surface area contributed by atoms with Gasteiger partial charge in [-0.05, 0) is 71.8 Å². The monoisotopic (exact) mass is 399 g/mol. The van der Waals surface area contributed by atoms with Crippen molar-refractivity contribution >= 4 is 23.1 Å². The van der Waals surface area contributed by atoms with Crippen LogP contribution in [-0.2, 0) is 0 Å². The summed E-state index contributed by atoms with van der Waals surface area (Å²) in [6, 6.07) is 7.65. The van der Waals surface area contributed by atoms with Crippen LogP contribution in [0.5, 0.6) is 5.75 Å². The summed E-state index contributed by atoms with van der Waals surface area (Å²) in [7, 11) is 3.82. The highest BCUT2D eigenvalue weighted by molar-refractivity contribution is 5.70. The zero-order chi connectivity index (χ0) is 21.4. The zero-order valence-corrected chi connectivity index (χ0v) is 18.2. The van der Waals surface area contributed by atoms with Gasteiger partial charge < -0.3 is 15.8 Å². The minimum atomic E-state index is 0.0685. The van der Waals surface area contributed by atoms with Crippen LogP contribution in [-0.4, -0.2) is 46.1 Å². The molecule has 1 fully saturated rings. The highest BCUT2D eigenvalue weighted by Gasteiger charge is 2.43. The second-order valence-corrected chi connectivity index (χ2v) is 8.97. The fourth-order valence-electron chi connectivity index (χ4n) is 4.17. The summed E-state index contributed by atoms with van der Waals surface area (Å²) in [5.41, 5.74) is 7.42. The Hall–Kier alpha value is -2.58. The molecule has 3 rings (SSSR count). The van der Waals surface area contributed by atoms with Gasteiger partial charge in [0.05, 0.1) is 24.7 Å². The van der Waals surface area contributed by atoms with E-state index >= 15 is 0 Å². The number of benzene rings is 1. The van der Waals surface area contributed by atoms with Crippen molar-refractivity contribution in [1.82, 2.24) is 14.9 Å². The lowest BCUT2D eigenvalue weighted by Crippen LogP contribution is -2.61. The summed E-state index contributed by atoms with van der Waals surface area (Å²) >= 11 is 0. The van der Waals surface area contributed by atoms with Crippen LogP contribution in [0, 0.1) is 0 Å². The second kappa shape index (κ2) is 7.68. The standard InChI is InChI=1S/C21H33N7O/c1-20(2)11-14(12-21(3,4)27(20)5)25-19-24-13-17(22)18(26-19)28(23)15-7-9-16(29-6)10-8-15/h7-10,13-14H,11-12,22-23H2,1-6H3,(H,24,25,26). The fourth-order valence-corrected chi connectivity index (χ4v) is 4.17. The van der Waals surface area contributed by atoms with Gasteiger partial charge in [0.1, 0.15) is 5.75 Å². The van der Waals surface area contributed by atoms with Crippen molar-refractivity contribution in [2.45, 2.75) is 57.7 Å². The van der Waals surface area contributed by atoms with Crippen molar-refractivity contribution in [2.24, 2.45) is 5.84 Å². The maximum Gasteiger partial charge on any atom is 0.225 e. The predicted octanol–water partition coefficient (Wildman–Crippen LogP) is 3.14. The number of nitrogens with two attached hydrogens (primary N) is 2. The molecule has 1 aromatic heterocycles. The molecule has 29 heavy (non-hydrogen) atoms. The summed E-state index contributed by atoms with van der Waals surface area (Å²) in [6.45, 7) is 9.07. The summed E-state index contributed by atoms with van der Waals surface area (Å²) in [6.07, 6.45) is 3.57. The Balaban J connectivity index is 1.81. The van der Waals surface area contributed by atoms with Crippen LogP contribution >= 0.6 is 0 Å². The van der Waals surface area contributed by atoms with Crippen LogP contribution in [0.25, 0.3) is 0 Å². The first-order valence-corrected chi connectivity index (χ1v) is 9.85. The molecule has 2 heterocycles. The van der Waals surface area contributed by atoms with Gasteiger partial charge in [0.15, 0.2) is 5.82 Å². The Morgan fingerprint density at radius 3 is 2.28 bits per heavy atom. The van der Waals surface area contributed by atoms with E-state index in [1.165, 1.54) is 5.01 Å². The van der Waals surface area contributed by atoms with Crippen LogP contribution < -0.4 is 26.6 Å². The average Bonchev–Trinajstić information content (AvgIpc) is 2.66. The Morgan fingerprint density at radius 2 is 1.72 bits per heavy atom. The molecule has 0 bridgehead atoms. The number of likely N-dealkylation sites (tertiary alicyclic amines) is 1. The predicted molar refractivity (Wildman–Crippen MR) is 118 cm³/mol. The second-order valence-electron chi connectivity index (χ2n) is 8.97. The molecule has 0 spiro atoms. The third kappa shape index (κ3) is 4.38. The molecular weight excluding hydrogens is 366 g/mol. The SMILES string of the molecule is COc1ccc(N(N)c2nc(NC3CC(C)(C)N(C)C(C)(C)C3)ncc2N)cc1. The lowest BCUT2D eigenvalue weighted by molar-refractivity contribution is -0.00778. The first-order valence-electron chi connectivity index (χ1n) is 9.85. The Kier molecular flexibility index (Phi) is 5.60. The van der Waals surface area contributed by atoms with Crippen molar-refractivity contribution in [3.63, 3.8) is 0 Å². The van der Waals surface area contributed by atoms with E-state index in [2.05, 4.69) is 54.9 Å². The van der Waals surface area contributed by atoms with E-state index in [0.717, 1.165) is 24.3 Å². The van der Waals surface area contributed by atoms with Crippen molar-refractivity contribution in [1.29, 1.82) is 0 Å². The molecule has 2 aromatic rings. The average molecular weight is 400 g/mol. The van der Waals surface area contributed by atoms with Gasteiger partial charge in [-0.2, -0.15) is 4.98 Å². The number of methoxy groups -OCH3 is 1. The minimum absolute atomic E-state index is 0.0685. The molecule has 0 atom stereocenters. The first-order chi connectivity index (χ1) is 13.5. The van der Waals surface area contributed by atoms with E-state index in [-0.39, 0.29) is 17.1 Å². The third-order valence-electron chi connectivity index (χ3n) is 6.02. The fraction of sp³-hybridized carbons (Fsp3) is 0.524. The number of rotatable bonds is 5. The van der Waals surface area contributed by atoms with Crippen molar-refractivity contribution in [2.75, 3.05) is 30.2 Å².